The highest BCUT2D eigenvalue weighted by molar-refractivity contribution is 7.99. The van der Waals surface area contributed by atoms with Crippen molar-refractivity contribution >= 4 is 34.2 Å². The maximum Gasteiger partial charge on any atom is 0.189 e. The lowest BCUT2D eigenvalue weighted by molar-refractivity contribution is 0.420. The molecule has 3 rings (SSSR count). The topological polar surface area (TPSA) is 148 Å². The lowest BCUT2D eigenvalue weighted by atomic mass is 10.2. The van der Waals surface area contributed by atoms with Gasteiger partial charge in [0.15, 0.2) is 11.0 Å². The van der Waals surface area contributed by atoms with E-state index in [0.29, 0.717) is 16.5 Å². The molecule has 0 bridgehead atoms. The zero-order valence-electron chi connectivity index (χ0n) is 12.8. The fourth-order valence-electron chi connectivity index (χ4n) is 2.06. The van der Waals surface area contributed by atoms with E-state index in [-0.39, 0.29) is 28.5 Å². The van der Waals surface area contributed by atoms with E-state index in [1.807, 2.05) is 36.4 Å². The van der Waals surface area contributed by atoms with Crippen LogP contribution in [0.15, 0.2) is 41.4 Å². The minimum Gasteiger partial charge on any atom is -0.510 e. The van der Waals surface area contributed by atoms with Crippen LogP contribution in [0.1, 0.15) is 11.4 Å². The van der Waals surface area contributed by atoms with E-state index in [4.69, 9.17) is 11.0 Å². The van der Waals surface area contributed by atoms with Gasteiger partial charge in [-0.1, -0.05) is 23.9 Å². The van der Waals surface area contributed by atoms with Gasteiger partial charge in [0, 0.05) is 0 Å². The van der Waals surface area contributed by atoms with Gasteiger partial charge in [-0.05, 0) is 12.1 Å². The first-order valence-electron chi connectivity index (χ1n) is 7.05. The number of fused-ring (bicyclic) bond motifs is 1. The number of H-pyrrole nitrogens is 1. The van der Waals surface area contributed by atoms with Crippen molar-refractivity contribution in [1.82, 2.24) is 19.9 Å². The Morgan fingerprint density at radius 3 is 2.76 bits per heavy atom. The first kappa shape index (κ1) is 16.3. The van der Waals surface area contributed by atoms with Gasteiger partial charge in [0.25, 0.3) is 0 Å². The van der Waals surface area contributed by atoms with Crippen molar-refractivity contribution in [3.8, 4) is 12.1 Å². The van der Waals surface area contributed by atoms with Gasteiger partial charge < -0.3 is 15.8 Å². The number of rotatable bonds is 4. The van der Waals surface area contributed by atoms with Gasteiger partial charge >= 0.3 is 0 Å². The Kier molecular flexibility index (Phi) is 4.50. The summed E-state index contributed by atoms with van der Waals surface area (Å²) in [5.41, 5.74) is 7.34. The van der Waals surface area contributed by atoms with E-state index >= 15 is 0 Å². The first-order chi connectivity index (χ1) is 12.1. The predicted molar refractivity (Wildman–Crippen MR) is 93.1 cm³/mol. The molecule has 122 valence electrons. The molecule has 0 atom stereocenters. The van der Waals surface area contributed by atoms with Crippen molar-refractivity contribution in [2.45, 2.75) is 5.16 Å². The molecule has 0 saturated carbocycles. The highest BCUT2D eigenvalue weighted by Crippen LogP contribution is 2.23. The monoisotopic (exact) mass is 349 g/mol. The summed E-state index contributed by atoms with van der Waals surface area (Å²) in [6, 6.07) is 11.2. The summed E-state index contributed by atoms with van der Waals surface area (Å²) >= 11 is 1.09. The normalized spacial score (nSPS) is 11.6. The molecule has 0 unspecified atom stereocenters. The third-order valence-corrected chi connectivity index (χ3v) is 4.15. The van der Waals surface area contributed by atoms with Crippen LogP contribution in [-0.4, -0.2) is 30.8 Å². The molecule has 25 heavy (non-hydrogen) atoms. The fourth-order valence-corrected chi connectivity index (χ4v) is 2.76. The molecular weight excluding hydrogens is 338 g/mol. The van der Waals surface area contributed by atoms with Crippen molar-refractivity contribution in [1.29, 1.82) is 10.5 Å². The second-order valence-corrected chi connectivity index (χ2v) is 5.83. The summed E-state index contributed by atoms with van der Waals surface area (Å²) in [7, 11) is 0. The predicted octanol–water partition coefficient (Wildman–Crippen LogP) is 2.39. The van der Waals surface area contributed by atoms with E-state index in [2.05, 4.69) is 19.9 Å². The molecule has 2 aromatic heterocycles. The van der Waals surface area contributed by atoms with Crippen LogP contribution < -0.4 is 5.73 Å². The number of aliphatic hydroxyl groups excluding tert-OH is 1. The van der Waals surface area contributed by atoms with Crippen LogP contribution in [0.5, 0.6) is 0 Å². The number of hydrogen-bond donors (Lipinski definition) is 3. The molecule has 1 aromatic carbocycles. The zero-order chi connectivity index (χ0) is 17.8. The number of nitrogens with zero attached hydrogens (tertiary/aromatic N) is 5. The largest absolute Gasteiger partial charge is 0.510 e. The van der Waals surface area contributed by atoms with Crippen molar-refractivity contribution in [2.24, 2.45) is 0 Å². The summed E-state index contributed by atoms with van der Waals surface area (Å²) in [6.45, 7) is 0. The van der Waals surface area contributed by atoms with Gasteiger partial charge in [-0.3, -0.25) is 0 Å². The maximum atomic E-state index is 10.3. The number of hydrogen-bond acceptors (Lipinski definition) is 8. The van der Waals surface area contributed by atoms with E-state index in [0.717, 1.165) is 17.3 Å². The molecule has 0 fully saturated rings. The molecule has 0 aliphatic rings. The number of nitrogens with two attached hydrogens (primary N) is 1. The quantitative estimate of drug-likeness (QED) is 0.281. The van der Waals surface area contributed by atoms with E-state index in [1.54, 1.807) is 0 Å². The third kappa shape index (κ3) is 3.37. The molecule has 0 aliphatic heterocycles. The SMILES string of the molecule is N#C/C(=C(/O)CSc1ncc(C#N)c(N)n1)c1nc2ccccc2[nH]1. The molecule has 4 N–H and O–H groups in total. The molecule has 0 aliphatic carbocycles. The van der Waals surface area contributed by atoms with Gasteiger partial charge in [0.2, 0.25) is 0 Å². The van der Waals surface area contributed by atoms with Gasteiger partial charge in [-0.15, -0.1) is 0 Å². The second-order valence-electron chi connectivity index (χ2n) is 4.89. The van der Waals surface area contributed by atoms with Crippen LogP contribution in [0.25, 0.3) is 16.6 Å². The Bertz CT molecular complexity index is 1030. The number of para-hydroxylation sites is 2. The highest BCUT2D eigenvalue weighted by atomic mass is 32.2. The Morgan fingerprint density at radius 1 is 1.28 bits per heavy atom. The smallest absolute Gasteiger partial charge is 0.189 e. The van der Waals surface area contributed by atoms with Crippen LogP contribution in [0, 0.1) is 22.7 Å². The number of nitrogen functional groups attached to an aromatic ring is 1. The average molecular weight is 349 g/mol. The minimum absolute atomic E-state index is 0.0466. The van der Waals surface area contributed by atoms with Crippen LogP contribution >= 0.6 is 11.8 Å². The van der Waals surface area contributed by atoms with Crippen molar-refractivity contribution < 1.29 is 5.11 Å². The number of anilines is 1. The highest BCUT2D eigenvalue weighted by Gasteiger charge is 2.14. The standard InChI is InChI=1S/C16H11N7OS/c17-5-9-7-20-16(23-14(9)19)25-8-13(24)10(6-18)15-21-11-3-1-2-4-12(11)22-15/h1-4,7,24H,8H2,(H,21,22)(H2,19,20,23)/b13-10-. The number of imidazole rings is 1. The number of aliphatic hydroxyl groups is 1. The number of nitriles is 2. The van der Waals surface area contributed by atoms with Crippen LogP contribution in [0.2, 0.25) is 0 Å². The molecule has 0 spiro atoms. The minimum atomic E-state index is -0.155. The zero-order valence-corrected chi connectivity index (χ0v) is 13.6. The van der Waals surface area contributed by atoms with Crippen LogP contribution in [-0.2, 0) is 0 Å². The third-order valence-electron chi connectivity index (χ3n) is 3.28. The Balaban J connectivity index is 1.83. The molecule has 0 radical (unpaired) electrons. The molecule has 2 heterocycles. The lowest BCUT2D eigenvalue weighted by Gasteiger charge is -2.03. The Morgan fingerprint density at radius 2 is 2.08 bits per heavy atom. The summed E-state index contributed by atoms with van der Waals surface area (Å²) in [6.07, 6.45) is 1.32. The number of nitrogens with one attached hydrogen (secondary N) is 1. The fraction of sp³-hybridized carbons (Fsp3) is 0.0625. The Hall–Kier alpha value is -3.56. The lowest BCUT2D eigenvalue weighted by Crippen LogP contribution is -2.00. The van der Waals surface area contributed by atoms with Gasteiger partial charge in [0.05, 0.1) is 23.0 Å². The number of aromatic amines is 1. The second kappa shape index (κ2) is 6.91. The molecule has 8 nitrogen and oxygen atoms in total. The Labute approximate surface area is 146 Å². The summed E-state index contributed by atoms with van der Waals surface area (Å²) in [5.74, 6) is 0.270. The van der Waals surface area contributed by atoms with Gasteiger partial charge in [-0.2, -0.15) is 10.5 Å². The van der Waals surface area contributed by atoms with Crippen LogP contribution in [0.3, 0.4) is 0 Å². The van der Waals surface area contributed by atoms with Crippen molar-refractivity contribution in [3.05, 3.63) is 47.6 Å². The van der Waals surface area contributed by atoms with E-state index < -0.39 is 0 Å². The van der Waals surface area contributed by atoms with Gasteiger partial charge in [0.1, 0.15) is 34.9 Å². The summed E-state index contributed by atoms with van der Waals surface area (Å²) in [4.78, 5) is 15.3. The molecular formula is C16H11N7OS. The van der Waals surface area contributed by atoms with Crippen molar-refractivity contribution in [2.75, 3.05) is 11.5 Å². The molecule has 0 saturated heterocycles. The maximum absolute atomic E-state index is 10.3. The van der Waals surface area contributed by atoms with Crippen molar-refractivity contribution in [3.63, 3.8) is 0 Å². The number of aromatic nitrogens is 4. The van der Waals surface area contributed by atoms with E-state index in [1.165, 1.54) is 6.20 Å². The average Bonchev–Trinajstić information content (AvgIpc) is 3.04. The summed E-state index contributed by atoms with van der Waals surface area (Å²) < 4.78 is 0. The molecule has 9 heteroatoms. The molecule has 0 amide bonds. The van der Waals surface area contributed by atoms with Crippen LogP contribution in [0.4, 0.5) is 5.82 Å². The summed E-state index contributed by atoms with van der Waals surface area (Å²) in [5, 5.41) is 28.7. The first-order valence-corrected chi connectivity index (χ1v) is 8.03. The molecule has 3 aromatic rings. The van der Waals surface area contributed by atoms with Gasteiger partial charge in [-0.25, -0.2) is 15.0 Å². The number of allylic oxidation sites excluding steroid dienone is 1. The number of thioether (sulfide) groups is 1. The number of benzene rings is 1. The van der Waals surface area contributed by atoms with E-state index in [9.17, 15) is 10.4 Å².